The van der Waals surface area contributed by atoms with Gasteiger partial charge in [-0.15, -0.1) is 0 Å². The van der Waals surface area contributed by atoms with Gasteiger partial charge in [-0.2, -0.15) is 0 Å². The largest absolute Gasteiger partial charge is 0.481 e. The van der Waals surface area contributed by atoms with E-state index in [0.29, 0.717) is 132 Å². The summed E-state index contributed by atoms with van der Waals surface area (Å²) in [4.78, 5) is 145. The Kier molecular flexibility index (Phi) is 37.3. The summed E-state index contributed by atoms with van der Waals surface area (Å²) < 4.78 is 5.35. The van der Waals surface area contributed by atoms with Crippen LogP contribution in [0.1, 0.15) is 324 Å². The number of aliphatic carboxylic acids is 2. The fraction of sp³-hybridized carbons (Fsp3) is 0.560. The maximum atomic E-state index is 14.7. The molecule has 3 saturated heterocycles. The minimum Gasteiger partial charge on any atom is -0.481 e. The summed E-state index contributed by atoms with van der Waals surface area (Å²) in [5.74, 6) is -3.69. The van der Waals surface area contributed by atoms with Crippen molar-refractivity contribution in [1.29, 1.82) is 0 Å². The second kappa shape index (κ2) is 46.3. The Morgan fingerprint density at radius 1 is 0.353 bits per heavy atom. The number of carboxylic acids is 2. The molecule has 6 heterocycles. The number of aliphatic imine (C=N–C) groups is 3. The van der Waals surface area contributed by atoms with E-state index >= 15 is 0 Å². The summed E-state index contributed by atoms with van der Waals surface area (Å²) in [6.45, 7) is 52.8. The molecule has 6 aliphatic heterocycles. The molecule has 6 aromatic rings. The normalized spacial score (nSPS) is 19.6. The number of carbonyl (C=O) groups excluding carboxylic acids is 7. The molecule has 0 saturated carbocycles. The minimum atomic E-state index is -0.970. The molecular formula is C109H146Cl6N12O12. The van der Waals surface area contributed by atoms with Crippen molar-refractivity contribution in [1.82, 2.24) is 45.3 Å². The van der Waals surface area contributed by atoms with Crippen molar-refractivity contribution in [3.8, 4) is 0 Å². The summed E-state index contributed by atoms with van der Waals surface area (Å²) in [7, 11) is 0. The molecule has 3 unspecified atom stereocenters. The number of likely N-dealkylation sites (tertiary alicyclic amines) is 3. The highest BCUT2D eigenvalue weighted by Crippen LogP contribution is 2.50. The van der Waals surface area contributed by atoms with E-state index in [1.807, 2.05) is 71.9 Å². The molecular weight excluding hydrogens is 1880 g/mol. The smallest absolute Gasteiger partial charge is 0.308 e. The van der Waals surface area contributed by atoms with Crippen molar-refractivity contribution in [2.24, 2.45) is 47.5 Å². The molecule has 3 fully saturated rings. The summed E-state index contributed by atoms with van der Waals surface area (Å²) in [5, 5.41) is 28.6. The Hall–Kier alpha value is -8.82. The van der Waals surface area contributed by atoms with Gasteiger partial charge in [0.2, 0.25) is 0 Å². The molecule has 5 N–H and O–H groups in total. The number of benzene rings is 6. The zero-order chi connectivity index (χ0) is 103. The van der Waals surface area contributed by atoms with Gasteiger partial charge in [-0.1, -0.05) is 231 Å². The zero-order valence-electron chi connectivity index (χ0n) is 85.2. The van der Waals surface area contributed by atoms with E-state index in [9.17, 15) is 43.2 Å². The first-order valence-corrected chi connectivity index (χ1v) is 51.0. The number of amides is 6. The lowest BCUT2D eigenvalue weighted by Gasteiger charge is -2.40. The third kappa shape index (κ3) is 32.3. The van der Waals surface area contributed by atoms with Crippen molar-refractivity contribution in [2.75, 3.05) is 78.5 Å². The lowest BCUT2D eigenvalue weighted by Crippen LogP contribution is -2.50. The van der Waals surface area contributed by atoms with E-state index in [0.717, 1.165) is 101 Å². The number of nitrogens with one attached hydrogen (secondary N) is 3. The van der Waals surface area contributed by atoms with Crippen LogP contribution >= 0.6 is 69.6 Å². The SMILES string of the molecule is CC(C)(C)CC[C@H](c1ccc(C(=O)NCCC(=O)O)cc1)N1C(=O)C(c2cc(Cl)cc(Cl)c2)=NC12CCN(CCC(C)(C)C)C2.CC(C)(C)CC[C@H](c1ccc(C(=O)NCCC(=O)O)cc1)N1C(=O)C(c2cc(Cl)cc(Cl)c2)=NC12CCN(CCC(C)(C)C)C2.CC(C)(C)CC[C@H](c1ccc(C(=O)NCCC(=O)OC(C)(C)C)cc1)N1C(=O)C(c2cc(Cl)cc(Cl)c2)=NC12CCN(CCC(C)(C)C)C2. The van der Waals surface area contributed by atoms with Gasteiger partial charge in [-0.3, -0.25) is 57.9 Å². The van der Waals surface area contributed by atoms with Gasteiger partial charge in [-0.25, -0.2) is 15.0 Å². The van der Waals surface area contributed by atoms with Crippen LogP contribution in [0.4, 0.5) is 0 Å². The lowest BCUT2D eigenvalue weighted by molar-refractivity contribution is -0.154. The molecule has 0 aromatic heterocycles. The molecule has 6 aliphatic rings. The van der Waals surface area contributed by atoms with Gasteiger partial charge >= 0.3 is 17.9 Å². The van der Waals surface area contributed by atoms with Crippen LogP contribution in [-0.2, 0) is 33.5 Å². The third-order valence-electron chi connectivity index (χ3n) is 25.8. The molecule has 756 valence electrons. The summed E-state index contributed by atoms with van der Waals surface area (Å²) in [6, 6.07) is 36.6. The maximum absolute atomic E-state index is 14.7. The molecule has 3 spiro atoms. The van der Waals surface area contributed by atoms with Gasteiger partial charge in [-0.05, 0) is 238 Å². The molecule has 24 nitrogen and oxygen atoms in total. The summed E-state index contributed by atoms with van der Waals surface area (Å²) in [6.07, 6.45) is 9.74. The van der Waals surface area contributed by atoms with E-state index in [-0.39, 0.29) is 131 Å². The van der Waals surface area contributed by atoms with Crippen LogP contribution in [0.5, 0.6) is 0 Å². The minimum absolute atomic E-state index is 0.0245. The monoisotopic (exact) mass is 2020 g/mol. The van der Waals surface area contributed by atoms with Crippen LogP contribution in [0.2, 0.25) is 30.1 Å². The van der Waals surface area contributed by atoms with Crippen molar-refractivity contribution < 1.29 is 58.1 Å². The first kappa shape index (κ1) is 112. The topological polar surface area (TPSA) is 296 Å². The average Bonchev–Trinajstić information content (AvgIpc) is 1.58. The predicted octanol–water partition coefficient (Wildman–Crippen LogP) is 23.0. The molecule has 6 atom stereocenters. The second-order valence-corrected chi connectivity index (χ2v) is 49.1. The first-order chi connectivity index (χ1) is 64.6. The number of halogens is 6. The van der Waals surface area contributed by atoms with Gasteiger partial charge in [0, 0.05) is 142 Å². The Morgan fingerprint density at radius 2 is 0.583 bits per heavy atom. The van der Waals surface area contributed by atoms with Gasteiger partial charge < -0.3 is 45.6 Å². The Morgan fingerprint density at radius 3 is 0.799 bits per heavy atom. The first-order valence-electron chi connectivity index (χ1n) is 48.7. The van der Waals surface area contributed by atoms with E-state index < -0.39 is 34.5 Å². The quantitative estimate of drug-likeness (QED) is 0.0239. The molecule has 6 amide bonds. The van der Waals surface area contributed by atoms with Crippen molar-refractivity contribution in [3.63, 3.8) is 0 Å². The highest BCUT2D eigenvalue weighted by Gasteiger charge is 2.58. The number of esters is 1. The number of rotatable bonds is 33. The highest BCUT2D eigenvalue weighted by molar-refractivity contribution is 6.49. The van der Waals surface area contributed by atoms with Crippen molar-refractivity contribution >= 4 is 140 Å². The number of hydrogen-bond donors (Lipinski definition) is 5. The van der Waals surface area contributed by atoms with E-state index in [2.05, 4.69) is 155 Å². The number of ether oxygens (including phenoxy) is 1. The predicted molar refractivity (Wildman–Crippen MR) is 559 cm³/mol. The van der Waals surface area contributed by atoms with Gasteiger partial charge in [0.05, 0.1) is 37.4 Å². The molecule has 12 rings (SSSR count). The number of hydrogen-bond acceptors (Lipinski definition) is 16. The van der Waals surface area contributed by atoms with Crippen LogP contribution in [-0.4, -0.2) is 211 Å². The summed E-state index contributed by atoms with van der Waals surface area (Å²) in [5.41, 5.74) is 4.86. The van der Waals surface area contributed by atoms with Gasteiger partial charge in [0.25, 0.3) is 35.4 Å². The number of nitrogens with zero attached hydrogens (tertiary/aromatic N) is 9. The van der Waals surface area contributed by atoms with E-state index in [1.54, 1.807) is 91.0 Å². The fourth-order valence-corrected chi connectivity index (χ4v) is 20.0. The fourth-order valence-electron chi connectivity index (χ4n) is 18.4. The Balaban J connectivity index is 0.000000215. The van der Waals surface area contributed by atoms with Crippen LogP contribution in [0.3, 0.4) is 0 Å². The molecule has 0 radical (unpaired) electrons. The van der Waals surface area contributed by atoms with Crippen molar-refractivity contribution in [3.05, 3.63) is 208 Å². The maximum Gasteiger partial charge on any atom is 0.308 e. The molecule has 0 bridgehead atoms. The molecule has 6 aromatic carbocycles. The average molecular weight is 2030 g/mol. The summed E-state index contributed by atoms with van der Waals surface area (Å²) >= 11 is 38.4. The lowest BCUT2D eigenvalue weighted by atomic mass is 9.85. The standard InChI is InChI=1S/C39H54Cl2N4O4.2C35H46Cl2N4O4/c1-36(2,3)16-14-31(26-10-12-27(13-11-26)34(47)42-19-15-32(46)49-38(7,8)9)45-35(48)33(28-22-29(40)24-30(41)23-28)43-39(45)18-21-44(25-39)20-17-37(4,5)6;2*1-33(2,3)13-11-28(23-7-9-24(10-8-23)31(44)38-16-12-29(42)43)41-32(45)30(25-19-26(36)21-27(37)20-25)39-35(41)15-18-40(22-35)17-14-34(4,5)6/h10-13,22-24,31H,14-21,25H2,1-9H3,(H,42,47);2*7-10,19-21,28H,11-18,22H2,1-6H3,(H,38,44)(H,42,43)/t31-,39?;2*28-,35?/m111/s1. The van der Waals surface area contributed by atoms with Crippen LogP contribution in [0, 0.1) is 32.5 Å². The Bertz CT molecular complexity index is 5230. The molecule has 30 heteroatoms. The Labute approximate surface area is 853 Å². The highest BCUT2D eigenvalue weighted by atomic mass is 35.5. The van der Waals surface area contributed by atoms with Crippen LogP contribution in [0.25, 0.3) is 0 Å². The van der Waals surface area contributed by atoms with E-state index in [1.165, 1.54) is 0 Å². The third-order valence-corrected chi connectivity index (χ3v) is 27.1. The molecule has 139 heavy (non-hydrogen) atoms. The second-order valence-electron chi connectivity index (χ2n) is 46.4. The van der Waals surface area contributed by atoms with Crippen LogP contribution < -0.4 is 16.0 Å². The zero-order valence-corrected chi connectivity index (χ0v) is 89.8. The van der Waals surface area contributed by atoms with Gasteiger partial charge in [0.15, 0.2) is 0 Å². The van der Waals surface area contributed by atoms with Crippen molar-refractivity contribution in [2.45, 2.75) is 282 Å². The van der Waals surface area contributed by atoms with Gasteiger partial charge in [0.1, 0.15) is 39.7 Å². The number of carboxylic acid groups (broad SMARTS) is 2. The van der Waals surface area contributed by atoms with Crippen LogP contribution in [0.15, 0.2) is 142 Å². The number of carbonyl (C=O) groups is 9. The van der Waals surface area contributed by atoms with E-state index in [4.69, 9.17) is 99.5 Å². The molecule has 0 aliphatic carbocycles.